The summed E-state index contributed by atoms with van der Waals surface area (Å²) in [5.41, 5.74) is 6.19. The van der Waals surface area contributed by atoms with Crippen LogP contribution in [0.25, 0.3) is 44.6 Å². The zero-order chi connectivity index (χ0) is 20.5. The molecule has 0 aromatic carbocycles. The molecule has 0 spiro atoms. The minimum absolute atomic E-state index is 0.602. The smallest absolute Gasteiger partial charge is 0.138 e. The van der Waals surface area contributed by atoms with Gasteiger partial charge in [-0.05, 0) is 44.4 Å². The fourth-order valence-corrected chi connectivity index (χ4v) is 3.35. The van der Waals surface area contributed by atoms with Crippen molar-refractivity contribution < 1.29 is 4.74 Å². The Morgan fingerprint density at radius 2 is 1.97 bits per heavy atom. The maximum absolute atomic E-state index is 5.82. The number of fused-ring (bicyclic) bond motifs is 2. The zero-order valence-corrected chi connectivity index (χ0v) is 16.8. The highest BCUT2D eigenvalue weighted by Gasteiger charge is 2.13. The molecule has 0 bridgehead atoms. The summed E-state index contributed by atoms with van der Waals surface area (Å²) in [6.45, 7) is 1.44. The molecule has 0 radical (unpaired) electrons. The van der Waals surface area contributed by atoms with E-state index in [1.165, 1.54) is 0 Å². The standard InChI is InChI=1S/C22H21N7O/c1-29(2)6-7-30-15-8-14(11-23-12-15)18-9-16-21(13-25-18)27-28-22(16)20-10-19-17(26-20)4-3-5-24-19/h3-5,8-13,26H,6-7H2,1-2H3,(H,27,28). The van der Waals surface area contributed by atoms with Crippen molar-refractivity contribution in [3.8, 4) is 28.4 Å². The Hall–Kier alpha value is -3.78. The summed E-state index contributed by atoms with van der Waals surface area (Å²) < 4.78 is 5.82. The average molecular weight is 399 g/mol. The molecule has 0 saturated heterocycles. The molecule has 0 fully saturated rings. The maximum Gasteiger partial charge on any atom is 0.138 e. The molecule has 5 rings (SSSR count). The third-order valence-electron chi connectivity index (χ3n) is 4.91. The Bertz CT molecular complexity index is 1290. The summed E-state index contributed by atoms with van der Waals surface area (Å²) in [7, 11) is 4.03. The number of ether oxygens (including phenoxy) is 1. The van der Waals surface area contributed by atoms with Crippen LogP contribution in [0, 0.1) is 0 Å². The van der Waals surface area contributed by atoms with Gasteiger partial charge in [-0.25, -0.2) is 0 Å². The van der Waals surface area contributed by atoms with Gasteiger partial charge in [0.1, 0.15) is 18.1 Å². The van der Waals surface area contributed by atoms with Gasteiger partial charge in [-0.2, -0.15) is 5.10 Å². The molecule has 0 saturated carbocycles. The highest BCUT2D eigenvalue weighted by molar-refractivity contribution is 5.96. The first-order valence-electron chi connectivity index (χ1n) is 9.68. The number of nitrogens with zero attached hydrogens (tertiary/aromatic N) is 5. The number of rotatable bonds is 6. The first-order chi connectivity index (χ1) is 14.7. The number of hydrogen-bond donors (Lipinski definition) is 2. The van der Waals surface area contributed by atoms with E-state index >= 15 is 0 Å². The number of hydrogen-bond acceptors (Lipinski definition) is 6. The monoisotopic (exact) mass is 399 g/mol. The largest absolute Gasteiger partial charge is 0.491 e. The van der Waals surface area contributed by atoms with Crippen LogP contribution in [-0.2, 0) is 0 Å². The lowest BCUT2D eigenvalue weighted by atomic mass is 10.1. The quantitative estimate of drug-likeness (QED) is 0.454. The van der Waals surface area contributed by atoms with E-state index in [1.54, 1.807) is 24.8 Å². The molecule has 0 aliphatic carbocycles. The predicted molar refractivity (Wildman–Crippen MR) is 116 cm³/mol. The van der Waals surface area contributed by atoms with Crippen molar-refractivity contribution >= 4 is 21.9 Å². The molecule has 0 amide bonds. The van der Waals surface area contributed by atoms with Crippen LogP contribution in [-0.4, -0.2) is 62.3 Å². The molecule has 8 nitrogen and oxygen atoms in total. The highest BCUT2D eigenvalue weighted by atomic mass is 16.5. The van der Waals surface area contributed by atoms with E-state index in [9.17, 15) is 0 Å². The molecular formula is C22H21N7O. The zero-order valence-electron chi connectivity index (χ0n) is 16.8. The van der Waals surface area contributed by atoms with Crippen LogP contribution in [0.5, 0.6) is 5.75 Å². The Balaban J connectivity index is 1.50. The average Bonchev–Trinajstić information content (AvgIpc) is 3.37. The third kappa shape index (κ3) is 3.48. The Kier molecular flexibility index (Phi) is 4.61. The van der Waals surface area contributed by atoms with E-state index in [1.807, 2.05) is 44.4 Å². The third-order valence-corrected chi connectivity index (χ3v) is 4.91. The van der Waals surface area contributed by atoms with Crippen LogP contribution in [0.4, 0.5) is 0 Å². The number of H-pyrrole nitrogens is 2. The Labute approximate surface area is 173 Å². The van der Waals surface area contributed by atoms with Crippen LogP contribution in [0.3, 0.4) is 0 Å². The summed E-state index contributed by atoms with van der Waals surface area (Å²) in [6.07, 6.45) is 7.09. The van der Waals surface area contributed by atoms with Gasteiger partial charge in [-0.3, -0.25) is 20.1 Å². The topological polar surface area (TPSA) is 95.6 Å². The molecule has 0 unspecified atom stereocenters. The summed E-state index contributed by atoms with van der Waals surface area (Å²) >= 11 is 0. The lowest BCUT2D eigenvalue weighted by Crippen LogP contribution is -2.19. The minimum Gasteiger partial charge on any atom is -0.491 e. The van der Waals surface area contributed by atoms with E-state index in [4.69, 9.17) is 4.74 Å². The highest BCUT2D eigenvalue weighted by Crippen LogP contribution is 2.30. The molecule has 8 heteroatoms. The second kappa shape index (κ2) is 7.57. The van der Waals surface area contributed by atoms with Crippen molar-refractivity contribution in [3.63, 3.8) is 0 Å². The number of aromatic nitrogens is 6. The molecule has 2 N–H and O–H groups in total. The van der Waals surface area contributed by atoms with Crippen molar-refractivity contribution in [2.24, 2.45) is 0 Å². The number of aromatic amines is 2. The van der Waals surface area contributed by atoms with Crippen LogP contribution >= 0.6 is 0 Å². The van der Waals surface area contributed by atoms with Gasteiger partial charge < -0.3 is 14.6 Å². The molecule has 30 heavy (non-hydrogen) atoms. The van der Waals surface area contributed by atoms with Gasteiger partial charge in [0.25, 0.3) is 0 Å². The van der Waals surface area contributed by atoms with Gasteiger partial charge in [0.05, 0.1) is 40.3 Å². The van der Waals surface area contributed by atoms with Gasteiger partial charge in [0.2, 0.25) is 0 Å². The summed E-state index contributed by atoms with van der Waals surface area (Å²) in [5.74, 6) is 0.727. The molecule has 0 atom stereocenters. The van der Waals surface area contributed by atoms with Gasteiger partial charge in [0, 0.05) is 29.9 Å². The minimum atomic E-state index is 0.602. The van der Waals surface area contributed by atoms with Crippen LogP contribution < -0.4 is 4.74 Å². The molecule has 0 aliphatic rings. The first-order valence-corrected chi connectivity index (χ1v) is 9.68. The van der Waals surface area contributed by atoms with Crippen molar-refractivity contribution in [1.82, 2.24) is 35.0 Å². The Morgan fingerprint density at radius 3 is 2.83 bits per heavy atom. The lowest BCUT2D eigenvalue weighted by Gasteiger charge is -2.11. The SMILES string of the molecule is CN(C)CCOc1cncc(-c2cc3c(-c4cc5ncccc5[nH]4)n[nH]c3cn2)c1. The number of likely N-dealkylation sites (N-methyl/N-ethyl adjacent to an activating group) is 1. The fourth-order valence-electron chi connectivity index (χ4n) is 3.35. The second-order valence-electron chi connectivity index (χ2n) is 7.37. The van der Waals surface area contributed by atoms with Crippen molar-refractivity contribution in [1.29, 1.82) is 0 Å². The van der Waals surface area contributed by atoms with Gasteiger partial charge >= 0.3 is 0 Å². The second-order valence-corrected chi connectivity index (χ2v) is 7.37. The predicted octanol–water partition coefficient (Wildman–Crippen LogP) is 3.50. The molecular weight excluding hydrogens is 378 g/mol. The van der Waals surface area contributed by atoms with E-state index in [0.29, 0.717) is 6.61 Å². The maximum atomic E-state index is 5.82. The summed E-state index contributed by atoms with van der Waals surface area (Å²) in [4.78, 5) is 18.8. The van der Waals surface area contributed by atoms with E-state index in [0.717, 1.165) is 56.9 Å². The normalized spacial score (nSPS) is 11.6. The first kappa shape index (κ1) is 18.3. The van der Waals surface area contributed by atoms with Gasteiger partial charge in [-0.1, -0.05) is 0 Å². The van der Waals surface area contributed by atoms with Crippen molar-refractivity contribution in [2.75, 3.05) is 27.2 Å². The van der Waals surface area contributed by atoms with E-state index < -0.39 is 0 Å². The summed E-state index contributed by atoms with van der Waals surface area (Å²) in [6, 6.07) is 9.90. The lowest BCUT2D eigenvalue weighted by molar-refractivity contribution is 0.261. The van der Waals surface area contributed by atoms with E-state index in [-0.39, 0.29) is 0 Å². The number of nitrogens with one attached hydrogen (secondary N) is 2. The molecule has 5 aromatic rings. The van der Waals surface area contributed by atoms with Crippen LogP contribution in [0.1, 0.15) is 0 Å². The molecule has 0 aliphatic heterocycles. The molecule has 5 heterocycles. The van der Waals surface area contributed by atoms with Gasteiger partial charge in [0.15, 0.2) is 0 Å². The van der Waals surface area contributed by atoms with Crippen molar-refractivity contribution in [2.45, 2.75) is 0 Å². The fraction of sp³-hybridized carbons (Fsp3) is 0.182. The molecule has 5 aromatic heterocycles. The Morgan fingerprint density at radius 1 is 1.03 bits per heavy atom. The van der Waals surface area contributed by atoms with Gasteiger partial charge in [-0.15, -0.1) is 0 Å². The molecule has 150 valence electrons. The van der Waals surface area contributed by atoms with Crippen LogP contribution in [0.15, 0.2) is 55.1 Å². The van der Waals surface area contributed by atoms with Crippen molar-refractivity contribution in [3.05, 3.63) is 55.1 Å². The van der Waals surface area contributed by atoms with Crippen LogP contribution in [0.2, 0.25) is 0 Å². The number of pyridine rings is 3. The summed E-state index contributed by atoms with van der Waals surface area (Å²) in [5, 5.41) is 8.54. The van der Waals surface area contributed by atoms with E-state index in [2.05, 4.69) is 35.0 Å².